The Bertz CT molecular complexity index is 1700. The molecule has 0 N–H and O–H groups in total. The monoisotopic (exact) mass is 736 g/mol. The first-order valence-corrected chi connectivity index (χ1v) is 37.5. The van der Waals surface area contributed by atoms with E-state index in [9.17, 15) is 0 Å². The normalized spacial score (nSPS) is 20.3. The van der Waals surface area contributed by atoms with Crippen molar-refractivity contribution >= 4 is 25.7 Å². The summed E-state index contributed by atoms with van der Waals surface area (Å²) >= 11 is -6.03. The van der Waals surface area contributed by atoms with E-state index in [1.807, 2.05) is 0 Å². The molecule has 0 amide bonds. The van der Waals surface area contributed by atoms with Crippen LogP contribution in [0.2, 0.25) is 8.35 Å². The van der Waals surface area contributed by atoms with Gasteiger partial charge < -0.3 is 0 Å². The third-order valence-corrected chi connectivity index (χ3v) is 86.4. The molecule has 4 aromatic rings. The Labute approximate surface area is 250 Å². The van der Waals surface area contributed by atoms with Gasteiger partial charge in [0.2, 0.25) is 0 Å². The second kappa shape index (κ2) is 9.73. The van der Waals surface area contributed by atoms with Crippen molar-refractivity contribution < 1.29 is 14.2 Å². The average Bonchev–Trinajstić information content (AvgIpc) is 3.58. The van der Waals surface area contributed by atoms with E-state index in [4.69, 9.17) is 0 Å². The summed E-state index contributed by atoms with van der Waals surface area (Å²) in [5.74, 6) is 0. The van der Waals surface area contributed by atoms with Gasteiger partial charge in [-0.1, -0.05) is 0 Å². The summed E-state index contributed by atoms with van der Waals surface area (Å²) in [6.07, 6.45) is 9.95. The summed E-state index contributed by atoms with van der Waals surface area (Å²) in [6, 6.07) is 43.2. The Morgan fingerprint density at radius 2 is 0.881 bits per heavy atom. The van der Waals surface area contributed by atoms with Crippen molar-refractivity contribution in [2.75, 3.05) is 0 Å². The summed E-state index contributed by atoms with van der Waals surface area (Å²) < 4.78 is 6.51. The van der Waals surface area contributed by atoms with Gasteiger partial charge in [0.05, 0.1) is 0 Å². The number of hydrogen-bond donors (Lipinski definition) is 0. The van der Waals surface area contributed by atoms with E-state index < -0.39 is 14.2 Å². The molecule has 0 heterocycles. The van der Waals surface area contributed by atoms with E-state index in [1.54, 1.807) is 28.9 Å². The molecule has 216 valence electrons. The fraction of sp³-hybridized carbons (Fsp3) is 0.300. The van der Waals surface area contributed by atoms with Gasteiger partial charge in [-0.05, 0) is 0 Å². The van der Waals surface area contributed by atoms with Crippen LogP contribution in [-0.2, 0) is 14.2 Å². The van der Waals surface area contributed by atoms with E-state index in [-0.39, 0.29) is 0 Å². The molecule has 0 nitrogen and oxygen atoms in total. The van der Waals surface area contributed by atoms with E-state index in [0.29, 0.717) is 7.35 Å². The number of rotatable bonds is 10. The molecular formula is C40H48HfSi. The first-order valence-electron chi connectivity index (χ1n) is 16.3. The van der Waals surface area contributed by atoms with Gasteiger partial charge in [-0.15, -0.1) is 0 Å². The zero-order valence-corrected chi connectivity index (χ0v) is 31.2. The molecule has 2 aliphatic rings. The molecule has 0 aromatic heterocycles. The maximum absolute atomic E-state index is 6.03. The number of fused-ring (bicyclic) bond motifs is 2. The van der Waals surface area contributed by atoms with Gasteiger partial charge in [0.25, 0.3) is 0 Å². The van der Waals surface area contributed by atoms with Crippen LogP contribution in [0.1, 0.15) is 83.0 Å². The quantitative estimate of drug-likeness (QED) is 0.142. The summed E-state index contributed by atoms with van der Waals surface area (Å²) in [5.41, 5.74) is 9.10. The van der Waals surface area contributed by atoms with Crippen molar-refractivity contribution in [2.45, 2.75) is 69.1 Å². The molecule has 2 unspecified atom stereocenters. The van der Waals surface area contributed by atoms with Crippen molar-refractivity contribution in [1.82, 2.24) is 0 Å². The number of hydrogen-bond acceptors (Lipinski definition) is 0. The van der Waals surface area contributed by atoms with Crippen LogP contribution in [0.3, 0.4) is 0 Å². The summed E-state index contributed by atoms with van der Waals surface area (Å²) in [6.45, 7) is 12.4. The molecule has 0 saturated carbocycles. The van der Waals surface area contributed by atoms with Gasteiger partial charge in [0.15, 0.2) is 0 Å². The average molecular weight is 735 g/mol. The van der Waals surface area contributed by atoms with Crippen LogP contribution in [-0.4, -0.2) is 6.94 Å². The Balaban J connectivity index is 2.04. The number of allylic oxidation sites excluding steroid dienone is 2. The third kappa shape index (κ3) is 3.26. The van der Waals surface area contributed by atoms with Crippen LogP contribution < -0.4 is 6.64 Å². The second-order valence-corrected chi connectivity index (χ2v) is 75.3. The second-order valence-electron chi connectivity index (χ2n) is 14.7. The summed E-state index contributed by atoms with van der Waals surface area (Å²) in [5, 5.41) is 0. The van der Waals surface area contributed by atoms with Gasteiger partial charge >= 0.3 is 252 Å². The zero-order chi connectivity index (χ0) is 29.5. The van der Waals surface area contributed by atoms with Crippen LogP contribution in [0.25, 0.3) is 12.2 Å². The van der Waals surface area contributed by atoms with Crippen molar-refractivity contribution in [3.63, 3.8) is 0 Å². The number of benzene rings is 4. The van der Waals surface area contributed by atoms with Crippen molar-refractivity contribution in [3.05, 3.63) is 143 Å². The van der Waals surface area contributed by atoms with Gasteiger partial charge in [0.1, 0.15) is 0 Å². The first-order chi connectivity index (χ1) is 20.3. The van der Waals surface area contributed by atoms with Gasteiger partial charge in [-0.25, -0.2) is 0 Å². The van der Waals surface area contributed by atoms with Crippen molar-refractivity contribution in [1.29, 1.82) is 0 Å². The fourth-order valence-corrected chi connectivity index (χ4v) is 89.9. The molecule has 0 bridgehead atoms. The molecule has 2 heteroatoms. The molecule has 0 radical (unpaired) electrons. The van der Waals surface area contributed by atoms with E-state index in [2.05, 4.69) is 156 Å². The Kier molecular flexibility index (Phi) is 6.84. The Hall–Kier alpha value is -2.55. The molecule has 42 heavy (non-hydrogen) atoms. The van der Waals surface area contributed by atoms with E-state index >= 15 is 0 Å². The fourth-order valence-electron chi connectivity index (χ4n) is 11.8. The van der Waals surface area contributed by atoms with Crippen LogP contribution in [0.15, 0.2) is 120 Å². The topological polar surface area (TPSA) is 0 Å². The minimum absolute atomic E-state index is 0.339. The van der Waals surface area contributed by atoms with Gasteiger partial charge in [0, 0.05) is 0 Å². The standard InChI is InChI=1S/2C10H9.2C6H5.2C4H9.Hf.H2Si/c2*1-8-6-9-4-2-3-5-10(9)7-8;2*1-2-4-6-5-3-1;2*1-3-4-2;;/h2*2-7H,1H3;2*1-5H;2*1,3-4H2,2H3;;1H2. The maximum atomic E-state index is 2.62. The Morgan fingerprint density at radius 1 is 0.524 bits per heavy atom. The molecule has 0 saturated heterocycles. The van der Waals surface area contributed by atoms with Crippen LogP contribution >= 0.6 is 0 Å². The van der Waals surface area contributed by atoms with Crippen molar-refractivity contribution in [2.24, 2.45) is 0 Å². The van der Waals surface area contributed by atoms with E-state index in [0.717, 1.165) is 0 Å². The van der Waals surface area contributed by atoms with Crippen LogP contribution in [0.4, 0.5) is 0 Å². The molecule has 6 rings (SSSR count). The first kappa shape index (κ1) is 29.5. The predicted molar refractivity (Wildman–Crippen MR) is 186 cm³/mol. The molecule has 0 spiro atoms. The van der Waals surface area contributed by atoms with Gasteiger partial charge in [-0.2, -0.15) is 0 Å². The van der Waals surface area contributed by atoms with E-state index in [1.165, 1.54) is 45.2 Å². The van der Waals surface area contributed by atoms with Gasteiger partial charge in [-0.3, -0.25) is 0 Å². The predicted octanol–water partition coefficient (Wildman–Crippen LogP) is 9.70. The van der Waals surface area contributed by atoms with Crippen molar-refractivity contribution in [3.8, 4) is 0 Å². The van der Waals surface area contributed by atoms with Crippen LogP contribution in [0.5, 0.6) is 0 Å². The molecule has 2 atom stereocenters. The Morgan fingerprint density at radius 3 is 1.26 bits per heavy atom. The molecule has 0 aliphatic heterocycles. The van der Waals surface area contributed by atoms with Crippen LogP contribution in [0, 0.1) is 0 Å². The molecule has 0 fully saturated rings. The SMILES string of the molecule is CCC[CH2][Hf](=[SiH2])([CH2]CCC)([c]1ccccc1)([c]1ccccc1)([CH]1C(C)=Cc2ccccc21)[CH]1C(C)=Cc2ccccc21. The molecule has 4 aromatic carbocycles. The molecular weight excluding hydrogens is 687 g/mol. The number of unbranched alkanes of at least 4 members (excludes halogenated alkanes) is 2. The minimum atomic E-state index is -6.03. The zero-order valence-electron chi connectivity index (χ0n) is 26.2. The summed E-state index contributed by atoms with van der Waals surface area (Å²) in [7, 11) is 0. The molecule has 2 aliphatic carbocycles. The third-order valence-electron chi connectivity index (χ3n) is 13.0. The summed E-state index contributed by atoms with van der Waals surface area (Å²) in [4.78, 5) is 0.